The number of hydrogen-bond acceptors (Lipinski definition) is 6. The maximum absolute atomic E-state index is 12.6. The second-order valence-electron chi connectivity index (χ2n) is 7.44. The SMILES string of the molecule is O=C1C[C@H](/C=C/c2ccccc2)Cc2nc(N3CCN(CCO)CC3)ncc21. The van der Waals surface area contributed by atoms with Crippen molar-refractivity contribution in [3.05, 3.63) is 59.4 Å². The molecule has 28 heavy (non-hydrogen) atoms. The molecular weight excluding hydrogens is 352 g/mol. The minimum Gasteiger partial charge on any atom is -0.395 e. The molecule has 4 rings (SSSR count). The van der Waals surface area contributed by atoms with Gasteiger partial charge in [-0.15, -0.1) is 0 Å². The van der Waals surface area contributed by atoms with Crippen molar-refractivity contribution in [2.75, 3.05) is 44.2 Å². The van der Waals surface area contributed by atoms with Crippen molar-refractivity contribution in [3.63, 3.8) is 0 Å². The molecule has 6 nitrogen and oxygen atoms in total. The van der Waals surface area contributed by atoms with E-state index in [2.05, 4.69) is 39.1 Å². The normalized spacial score (nSPS) is 20.5. The minimum atomic E-state index is 0.128. The van der Waals surface area contributed by atoms with Gasteiger partial charge < -0.3 is 10.0 Å². The van der Waals surface area contributed by atoms with Gasteiger partial charge in [0.05, 0.1) is 17.9 Å². The highest BCUT2D eigenvalue weighted by Crippen LogP contribution is 2.27. The molecule has 2 aliphatic rings. The third-order valence-corrected chi connectivity index (χ3v) is 5.49. The molecule has 146 valence electrons. The topological polar surface area (TPSA) is 69.6 Å². The Balaban J connectivity index is 1.46. The Hall–Kier alpha value is -2.57. The molecule has 0 radical (unpaired) electrons. The first-order valence-corrected chi connectivity index (χ1v) is 9.93. The van der Waals surface area contributed by atoms with Crippen molar-refractivity contribution in [2.24, 2.45) is 5.92 Å². The molecule has 1 aromatic heterocycles. The van der Waals surface area contributed by atoms with Crippen LogP contribution in [0.25, 0.3) is 6.08 Å². The van der Waals surface area contributed by atoms with Gasteiger partial charge in [0, 0.05) is 45.3 Å². The fraction of sp³-hybridized carbons (Fsp3) is 0.409. The molecule has 1 N–H and O–H groups in total. The van der Waals surface area contributed by atoms with Crippen LogP contribution in [0.1, 0.15) is 28.0 Å². The number of allylic oxidation sites excluding steroid dienone is 1. The standard InChI is InChI=1S/C22H26N4O2/c27-13-12-25-8-10-26(11-9-25)22-23-16-19-20(24-22)14-18(15-21(19)28)7-6-17-4-2-1-3-5-17/h1-7,16,18,27H,8-15H2/b7-6+/t18-/m1/s1. The number of aromatic nitrogens is 2. The molecule has 0 saturated carbocycles. The number of β-amino-alcohol motifs (C(OH)–C–C–N with tert-alkyl or cyclic N) is 1. The van der Waals surface area contributed by atoms with Crippen LogP contribution in [0.5, 0.6) is 0 Å². The molecule has 1 atom stereocenters. The van der Waals surface area contributed by atoms with Crippen LogP contribution >= 0.6 is 0 Å². The summed E-state index contributed by atoms with van der Waals surface area (Å²) in [5.41, 5.74) is 2.68. The summed E-state index contributed by atoms with van der Waals surface area (Å²) in [4.78, 5) is 26.2. The fourth-order valence-electron chi connectivity index (χ4n) is 3.88. The lowest BCUT2D eigenvalue weighted by atomic mass is 9.86. The molecule has 1 aliphatic carbocycles. The van der Waals surface area contributed by atoms with E-state index in [4.69, 9.17) is 10.1 Å². The van der Waals surface area contributed by atoms with Gasteiger partial charge in [0.1, 0.15) is 0 Å². The van der Waals surface area contributed by atoms with Crippen molar-refractivity contribution in [1.82, 2.24) is 14.9 Å². The van der Waals surface area contributed by atoms with Crippen molar-refractivity contribution in [2.45, 2.75) is 12.8 Å². The van der Waals surface area contributed by atoms with Crippen LogP contribution in [0.4, 0.5) is 5.95 Å². The zero-order chi connectivity index (χ0) is 19.3. The van der Waals surface area contributed by atoms with E-state index in [1.54, 1.807) is 6.20 Å². The molecule has 0 unspecified atom stereocenters. The lowest BCUT2D eigenvalue weighted by Crippen LogP contribution is -2.47. The van der Waals surface area contributed by atoms with Crippen molar-refractivity contribution < 1.29 is 9.90 Å². The number of aliphatic hydroxyl groups is 1. The molecule has 1 fully saturated rings. The van der Waals surface area contributed by atoms with E-state index in [9.17, 15) is 4.79 Å². The van der Waals surface area contributed by atoms with Gasteiger partial charge in [-0.05, 0) is 17.9 Å². The average Bonchev–Trinajstić information content (AvgIpc) is 2.73. The van der Waals surface area contributed by atoms with Crippen LogP contribution in [0.2, 0.25) is 0 Å². The number of rotatable bonds is 5. The number of hydrogen-bond donors (Lipinski definition) is 1. The van der Waals surface area contributed by atoms with Crippen LogP contribution in [0, 0.1) is 5.92 Å². The maximum atomic E-state index is 12.6. The van der Waals surface area contributed by atoms with Crippen LogP contribution in [-0.2, 0) is 6.42 Å². The lowest BCUT2D eigenvalue weighted by Gasteiger charge is -2.34. The van der Waals surface area contributed by atoms with Crippen LogP contribution in [0.15, 0.2) is 42.6 Å². The van der Waals surface area contributed by atoms with Crippen molar-refractivity contribution >= 4 is 17.8 Å². The monoisotopic (exact) mass is 378 g/mol. The number of carbonyl (C=O) groups excluding carboxylic acids is 1. The van der Waals surface area contributed by atoms with Crippen LogP contribution in [0.3, 0.4) is 0 Å². The lowest BCUT2D eigenvalue weighted by molar-refractivity contribution is 0.0957. The van der Waals surface area contributed by atoms with E-state index in [0.717, 1.165) is 43.9 Å². The highest BCUT2D eigenvalue weighted by atomic mass is 16.3. The summed E-state index contributed by atoms with van der Waals surface area (Å²) >= 11 is 0. The van der Waals surface area contributed by atoms with Gasteiger partial charge >= 0.3 is 0 Å². The summed E-state index contributed by atoms with van der Waals surface area (Å²) in [6.07, 6.45) is 7.21. The zero-order valence-electron chi connectivity index (χ0n) is 16.0. The number of carbonyl (C=O) groups is 1. The Morgan fingerprint density at radius 1 is 1.11 bits per heavy atom. The second-order valence-corrected chi connectivity index (χ2v) is 7.44. The molecular formula is C22H26N4O2. The number of benzene rings is 1. The van der Waals surface area contributed by atoms with E-state index < -0.39 is 0 Å². The first-order valence-electron chi connectivity index (χ1n) is 9.93. The van der Waals surface area contributed by atoms with Gasteiger partial charge in [0.2, 0.25) is 5.95 Å². The van der Waals surface area contributed by atoms with Gasteiger partial charge in [-0.25, -0.2) is 9.97 Å². The number of ketones is 1. The Morgan fingerprint density at radius 3 is 2.64 bits per heavy atom. The number of nitrogens with zero attached hydrogens (tertiary/aromatic N) is 4. The third kappa shape index (κ3) is 4.29. The Morgan fingerprint density at radius 2 is 1.89 bits per heavy atom. The predicted octanol–water partition coefficient (Wildman–Crippen LogP) is 2.05. The van der Waals surface area contributed by atoms with Crippen molar-refractivity contribution in [3.8, 4) is 0 Å². The minimum absolute atomic E-state index is 0.128. The Kier molecular flexibility index (Phi) is 5.78. The maximum Gasteiger partial charge on any atom is 0.225 e. The summed E-state index contributed by atoms with van der Waals surface area (Å²) in [6, 6.07) is 10.2. The highest BCUT2D eigenvalue weighted by Gasteiger charge is 2.27. The first kappa shape index (κ1) is 18.8. The van der Waals surface area contributed by atoms with E-state index in [-0.39, 0.29) is 18.3 Å². The fourth-order valence-corrected chi connectivity index (χ4v) is 3.88. The van der Waals surface area contributed by atoms with Gasteiger partial charge in [-0.2, -0.15) is 0 Å². The summed E-state index contributed by atoms with van der Waals surface area (Å²) < 4.78 is 0. The molecule has 0 bridgehead atoms. The third-order valence-electron chi connectivity index (χ3n) is 5.49. The number of piperazine rings is 1. The van der Waals surface area contributed by atoms with E-state index in [1.807, 2.05) is 18.2 Å². The van der Waals surface area contributed by atoms with Gasteiger partial charge in [0.25, 0.3) is 0 Å². The largest absolute Gasteiger partial charge is 0.395 e. The van der Waals surface area contributed by atoms with E-state index in [1.165, 1.54) is 0 Å². The molecule has 1 saturated heterocycles. The molecule has 2 aromatic rings. The van der Waals surface area contributed by atoms with Gasteiger partial charge in [0.15, 0.2) is 5.78 Å². The molecule has 2 heterocycles. The van der Waals surface area contributed by atoms with Crippen LogP contribution < -0.4 is 4.90 Å². The highest BCUT2D eigenvalue weighted by molar-refractivity contribution is 5.98. The molecule has 1 aromatic carbocycles. The van der Waals surface area contributed by atoms with Crippen LogP contribution in [-0.4, -0.2) is 65.1 Å². The Labute approximate surface area is 165 Å². The van der Waals surface area contributed by atoms with E-state index >= 15 is 0 Å². The zero-order valence-corrected chi connectivity index (χ0v) is 16.0. The molecule has 0 spiro atoms. The van der Waals surface area contributed by atoms with Gasteiger partial charge in [-0.1, -0.05) is 42.5 Å². The first-order chi connectivity index (χ1) is 13.7. The number of fused-ring (bicyclic) bond motifs is 1. The average molecular weight is 378 g/mol. The predicted molar refractivity (Wildman–Crippen MR) is 109 cm³/mol. The summed E-state index contributed by atoms with van der Waals surface area (Å²) in [7, 11) is 0. The van der Waals surface area contributed by atoms with Gasteiger partial charge in [-0.3, -0.25) is 9.69 Å². The number of Topliss-reactive ketones (excluding diaryl/α,β-unsaturated/α-hetero) is 1. The smallest absolute Gasteiger partial charge is 0.225 e. The number of anilines is 1. The molecule has 1 aliphatic heterocycles. The van der Waals surface area contributed by atoms with Crippen molar-refractivity contribution in [1.29, 1.82) is 0 Å². The quantitative estimate of drug-likeness (QED) is 0.859. The molecule has 0 amide bonds. The van der Waals surface area contributed by atoms with E-state index in [0.29, 0.717) is 24.5 Å². The number of aliphatic hydroxyl groups excluding tert-OH is 1. The summed E-state index contributed by atoms with van der Waals surface area (Å²) in [5.74, 6) is 1.01. The second kappa shape index (κ2) is 8.63. The molecule has 6 heteroatoms. The summed E-state index contributed by atoms with van der Waals surface area (Å²) in [5, 5.41) is 9.08. The Bertz CT molecular complexity index is 845. The summed E-state index contributed by atoms with van der Waals surface area (Å²) in [6.45, 7) is 4.36.